The molecule has 21 heavy (non-hydrogen) atoms. The molecule has 2 heterocycles. The Kier molecular flexibility index (Phi) is 3.31. The minimum absolute atomic E-state index is 0.289. The summed E-state index contributed by atoms with van der Waals surface area (Å²) in [5, 5.41) is 2.63. The van der Waals surface area contributed by atoms with Crippen LogP contribution in [0.25, 0.3) is 6.08 Å². The normalized spacial score (nSPS) is 16.6. The first kappa shape index (κ1) is 13.2. The van der Waals surface area contributed by atoms with Gasteiger partial charge in [0.25, 0.3) is 5.91 Å². The first-order valence-electron chi connectivity index (χ1n) is 6.78. The lowest BCUT2D eigenvalue weighted by atomic mass is 10.2. The summed E-state index contributed by atoms with van der Waals surface area (Å²) in [6.45, 7) is 2.82. The maximum Gasteiger partial charge on any atom is 0.333 e. The average molecular weight is 281 g/mol. The van der Waals surface area contributed by atoms with Gasteiger partial charge in [0.2, 0.25) is 0 Å². The van der Waals surface area contributed by atoms with E-state index in [2.05, 4.69) is 5.32 Å². The van der Waals surface area contributed by atoms with E-state index in [0.717, 1.165) is 17.1 Å². The smallest absolute Gasteiger partial charge is 0.333 e. The summed E-state index contributed by atoms with van der Waals surface area (Å²) < 4.78 is 2.00. The predicted molar refractivity (Wildman–Crippen MR) is 80.5 cm³/mol. The SMILES string of the molecule is CCn1cccc1/C=C1/NC(=O)N(c2ccccc2)C1=O. The van der Waals surface area contributed by atoms with Crippen LogP contribution in [-0.2, 0) is 11.3 Å². The molecule has 1 aromatic carbocycles. The summed E-state index contributed by atoms with van der Waals surface area (Å²) in [6.07, 6.45) is 3.63. The van der Waals surface area contributed by atoms with Crippen molar-refractivity contribution < 1.29 is 9.59 Å². The predicted octanol–water partition coefficient (Wildman–Crippen LogP) is 2.61. The zero-order valence-electron chi connectivity index (χ0n) is 11.6. The monoisotopic (exact) mass is 281 g/mol. The second-order valence-electron chi connectivity index (χ2n) is 4.68. The van der Waals surface area contributed by atoms with Gasteiger partial charge in [0.05, 0.1) is 5.69 Å². The molecule has 106 valence electrons. The quantitative estimate of drug-likeness (QED) is 0.694. The first-order chi connectivity index (χ1) is 10.2. The Morgan fingerprint density at radius 2 is 1.86 bits per heavy atom. The number of benzene rings is 1. The van der Waals surface area contributed by atoms with Crippen molar-refractivity contribution >= 4 is 23.7 Å². The number of rotatable bonds is 3. The van der Waals surface area contributed by atoms with Crippen LogP contribution in [0.5, 0.6) is 0 Å². The fourth-order valence-corrected chi connectivity index (χ4v) is 2.34. The van der Waals surface area contributed by atoms with Crippen LogP contribution in [0.15, 0.2) is 54.4 Å². The van der Waals surface area contributed by atoms with Gasteiger partial charge in [-0.2, -0.15) is 0 Å². The van der Waals surface area contributed by atoms with E-state index >= 15 is 0 Å². The number of urea groups is 1. The average Bonchev–Trinajstić information content (AvgIpc) is 3.05. The Labute approximate surface area is 122 Å². The molecule has 0 aliphatic carbocycles. The zero-order valence-corrected chi connectivity index (χ0v) is 11.6. The van der Waals surface area contributed by atoms with Gasteiger partial charge in [0.1, 0.15) is 5.70 Å². The van der Waals surface area contributed by atoms with Crippen LogP contribution < -0.4 is 10.2 Å². The van der Waals surface area contributed by atoms with Gasteiger partial charge >= 0.3 is 6.03 Å². The molecule has 0 atom stereocenters. The maximum absolute atomic E-state index is 12.4. The Hall–Kier alpha value is -2.82. The van der Waals surface area contributed by atoms with Crippen molar-refractivity contribution in [2.24, 2.45) is 0 Å². The molecule has 5 heteroatoms. The van der Waals surface area contributed by atoms with Crippen molar-refractivity contribution in [1.29, 1.82) is 0 Å². The van der Waals surface area contributed by atoms with E-state index in [-0.39, 0.29) is 11.6 Å². The summed E-state index contributed by atoms with van der Waals surface area (Å²) >= 11 is 0. The van der Waals surface area contributed by atoms with E-state index in [4.69, 9.17) is 0 Å². The second kappa shape index (κ2) is 5.28. The van der Waals surface area contributed by atoms with Crippen molar-refractivity contribution in [2.75, 3.05) is 4.90 Å². The van der Waals surface area contributed by atoms with Gasteiger partial charge in [-0.1, -0.05) is 18.2 Å². The number of nitrogens with one attached hydrogen (secondary N) is 1. The molecular weight excluding hydrogens is 266 g/mol. The van der Waals surface area contributed by atoms with E-state index in [1.807, 2.05) is 35.9 Å². The second-order valence-corrected chi connectivity index (χ2v) is 4.68. The summed E-state index contributed by atoms with van der Waals surface area (Å²) in [6, 6.07) is 12.3. The van der Waals surface area contributed by atoms with Crippen LogP contribution in [0.2, 0.25) is 0 Å². The number of imide groups is 1. The number of aryl methyl sites for hydroxylation is 1. The minimum atomic E-state index is -0.424. The minimum Gasteiger partial charge on any atom is -0.348 e. The lowest BCUT2D eigenvalue weighted by Crippen LogP contribution is -2.30. The molecule has 3 rings (SSSR count). The van der Waals surface area contributed by atoms with Crippen LogP contribution in [0, 0.1) is 0 Å². The van der Waals surface area contributed by atoms with Crippen LogP contribution in [-0.4, -0.2) is 16.5 Å². The molecule has 0 radical (unpaired) electrons. The Morgan fingerprint density at radius 1 is 1.10 bits per heavy atom. The third kappa shape index (κ3) is 2.33. The zero-order chi connectivity index (χ0) is 14.8. The molecule has 0 unspecified atom stereocenters. The summed E-state index contributed by atoms with van der Waals surface area (Å²) in [5.41, 5.74) is 1.74. The van der Waals surface area contributed by atoms with Gasteiger partial charge in [-0.05, 0) is 37.3 Å². The third-order valence-electron chi connectivity index (χ3n) is 3.39. The van der Waals surface area contributed by atoms with Gasteiger partial charge in [-0.3, -0.25) is 4.79 Å². The first-order valence-corrected chi connectivity index (χ1v) is 6.78. The molecule has 0 bridgehead atoms. The van der Waals surface area contributed by atoms with Gasteiger partial charge in [-0.25, -0.2) is 9.69 Å². The van der Waals surface area contributed by atoms with E-state index in [1.165, 1.54) is 0 Å². The largest absolute Gasteiger partial charge is 0.348 e. The van der Waals surface area contributed by atoms with Gasteiger partial charge in [0.15, 0.2) is 0 Å². The number of carbonyl (C=O) groups is 2. The summed E-state index contributed by atoms with van der Waals surface area (Å²) in [4.78, 5) is 25.6. The maximum atomic E-state index is 12.4. The number of para-hydroxylation sites is 1. The molecule has 0 spiro atoms. The Balaban J connectivity index is 1.94. The highest BCUT2D eigenvalue weighted by molar-refractivity contribution is 6.28. The number of hydrogen-bond acceptors (Lipinski definition) is 2. The lowest BCUT2D eigenvalue weighted by Gasteiger charge is -2.10. The van der Waals surface area contributed by atoms with Gasteiger partial charge in [-0.15, -0.1) is 0 Å². The van der Waals surface area contributed by atoms with Crippen molar-refractivity contribution in [2.45, 2.75) is 13.5 Å². The summed E-state index contributed by atoms with van der Waals surface area (Å²) in [7, 11) is 0. The highest BCUT2D eigenvalue weighted by Gasteiger charge is 2.34. The van der Waals surface area contributed by atoms with Crippen molar-refractivity contribution in [3.8, 4) is 0 Å². The standard InChI is InChI=1S/C16H15N3O2/c1-2-18-10-6-9-13(18)11-14-15(20)19(16(21)17-14)12-7-4-3-5-8-12/h3-11H,2H2,1H3,(H,17,21)/b14-11+. The molecule has 1 saturated heterocycles. The number of nitrogens with zero attached hydrogens (tertiary/aromatic N) is 2. The lowest BCUT2D eigenvalue weighted by molar-refractivity contribution is -0.113. The van der Waals surface area contributed by atoms with E-state index in [1.54, 1.807) is 30.3 Å². The highest BCUT2D eigenvalue weighted by atomic mass is 16.2. The molecule has 5 nitrogen and oxygen atoms in total. The van der Waals surface area contributed by atoms with Crippen LogP contribution in [0.1, 0.15) is 12.6 Å². The number of anilines is 1. The van der Waals surface area contributed by atoms with Crippen LogP contribution >= 0.6 is 0 Å². The molecule has 1 N–H and O–H groups in total. The molecular formula is C16H15N3O2. The highest BCUT2D eigenvalue weighted by Crippen LogP contribution is 2.21. The number of hydrogen-bond donors (Lipinski definition) is 1. The Morgan fingerprint density at radius 3 is 2.57 bits per heavy atom. The van der Waals surface area contributed by atoms with E-state index < -0.39 is 6.03 Å². The fourth-order valence-electron chi connectivity index (χ4n) is 2.34. The molecule has 1 fully saturated rings. The van der Waals surface area contributed by atoms with E-state index in [9.17, 15) is 9.59 Å². The van der Waals surface area contributed by atoms with Gasteiger partial charge < -0.3 is 9.88 Å². The number of amides is 3. The number of aromatic nitrogens is 1. The molecule has 1 aromatic heterocycles. The molecule has 1 aliphatic rings. The molecule has 2 aromatic rings. The van der Waals surface area contributed by atoms with Crippen molar-refractivity contribution in [1.82, 2.24) is 9.88 Å². The molecule has 1 aliphatic heterocycles. The van der Waals surface area contributed by atoms with E-state index in [0.29, 0.717) is 5.69 Å². The van der Waals surface area contributed by atoms with Crippen molar-refractivity contribution in [3.63, 3.8) is 0 Å². The number of carbonyl (C=O) groups excluding carboxylic acids is 2. The fraction of sp³-hybridized carbons (Fsp3) is 0.125. The van der Waals surface area contributed by atoms with Crippen LogP contribution in [0.4, 0.5) is 10.5 Å². The molecule has 0 saturated carbocycles. The van der Waals surface area contributed by atoms with Gasteiger partial charge in [0, 0.05) is 18.4 Å². The molecule has 3 amide bonds. The summed E-state index contributed by atoms with van der Waals surface area (Å²) in [5.74, 6) is -0.338. The third-order valence-corrected chi connectivity index (χ3v) is 3.39. The van der Waals surface area contributed by atoms with Crippen molar-refractivity contribution in [3.05, 3.63) is 60.1 Å². The topological polar surface area (TPSA) is 54.3 Å². The van der Waals surface area contributed by atoms with Crippen LogP contribution in [0.3, 0.4) is 0 Å². The Bertz CT molecular complexity index is 716.